The molecular weight excluding hydrogens is 1220 g/mol. The lowest BCUT2D eigenvalue weighted by Gasteiger charge is -2.21. The van der Waals surface area contributed by atoms with Crippen LogP contribution in [-0.2, 0) is 65.4 Å². The molecule has 19 heteroatoms. The molecule has 0 rings (SSSR count). The Kier molecular flexibility index (Phi) is 62.2. The predicted molar refractivity (Wildman–Crippen MR) is 377 cm³/mol. The van der Waals surface area contributed by atoms with Crippen molar-refractivity contribution >= 4 is 39.5 Å². The molecule has 0 saturated heterocycles. The van der Waals surface area contributed by atoms with Crippen molar-refractivity contribution in [2.75, 3.05) is 39.6 Å². The van der Waals surface area contributed by atoms with E-state index in [9.17, 15) is 43.2 Å². The van der Waals surface area contributed by atoms with Gasteiger partial charge in [-0.05, 0) is 49.4 Å². The summed E-state index contributed by atoms with van der Waals surface area (Å²) < 4.78 is 68.4. The van der Waals surface area contributed by atoms with Gasteiger partial charge in [-0.25, -0.2) is 9.13 Å². The minimum Gasteiger partial charge on any atom is -0.462 e. The smallest absolute Gasteiger partial charge is 0.462 e. The number of phosphoric ester groups is 2. The van der Waals surface area contributed by atoms with E-state index in [1.807, 2.05) is 0 Å². The van der Waals surface area contributed by atoms with E-state index in [1.165, 1.54) is 167 Å². The summed E-state index contributed by atoms with van der Waals surface area (Å²) in [6, 6.07) is 0. The fourth-order valence-electron chi connectivity index (χ4n) is 11.2. The van der Waals surface area contributed by atoms with Gasteiger partial charge in [0, 0.05) is 25.7 Å². The molecule has 552 valence electrons. The van der Waals surface area contributed by atoms with Gasteiger partial charge in [-0.2, -0.15) is 0 Å². The average molecular weight is 1370 g/mol. The molecule has 0 spiro atoms. The molecule has 0 bridgehead atoms. The molecule has 0 aliphatic heterocycles. The van der Waals surface area contributed by atoms with E-state index in [1.54, 1.807) is 0 Å². The molecule has 3 N–H and O–H groups in total. The SMILES string of the molecule is CC(C)CCCCCCCCCCCCCCCCCCC(=O)O[C@H](COC(=O)CCCCCCCCCCCCC(C)C)COP(=O)(O)OC[C@@H](O)COP(=O)(O)OC[C@@H](COC(=O)CCCCCCCCC(C)C)OC(=O)CCCCCCCCCCCC(C)C. The van der Waals surface area contributed by atoms with E-state index in [2.05, 4.69) is 55.4 Å². The highest BCUT2D eigenvalue weighted by atomic mass is 31.2. The Labute approximate surface area is 568 Å². The molecule has 93 heavy (non-hydrogen) atoms. The minimum absolute atomic E-state index is 0.104. The molecule has 0 aliphatic carbocycles. The van der Waals surface area contributed by atoms with Crippen LogP contribution >= 0.6 is 15.6 Å². The molecule has 0 aromatic heterocycles. The van der Waals surface area contributed by atoms with Crippen LogP contribution < -0.4 is 0 Å². The summed E-state index contributed by atoms with van der Waals surface area (Å²) in [4.78, 5) is 72.7. The Morgan fingerprint density at radius 3 is 0.667 bits per heavy atom. The summed E-state index contributed by atoms with van der Waals surface area (Å²) in [5, 5.41) is 10.6. The highest BCUT2D eigenvalue weighted by Crippen LogP contribution is 2.45. The van der Waals surface area contributed by atoms with Gasteiger partial charge in [-0.3, -0.25) is 37.3 Å². The number of carbonyl (C=O) groups excluding carboxylic acids is 4. The summed E-state index contributed by atoms with van der Waals surface area (Å²) in [5.41, 5.74) is 0. The molecule has 0 aromatic carbocycles. The Morgan fingerprint density at radius 1 is 0.269 bits per heavy atom. The van der Waals surface area contributed by atoms with Gasteiger partial charge in [0.2, 0.25) is 0 Å². The molecule has 0 amide bonds. The average Bonchev–Trinajstić information content (AvgIpc) is 2.91. The molecule has 17 nitrogen and oxygen atoms in total. The first-order valence-corrected chi connectivity index (χ1v) is 41.2. The van der Waals surface area contributed by atoms with E-state index in [0.717, 1.165) is 114 Å². The standard InChI is InChI=1S/C74H144O17P2/c1-64(2)50-42-34-26-20-15-13-11-9-10-12-14-16-24-30-40-48-56-73(78)90-69(60-84-71(76)54-46-38-29-23-18-17-21-27-35-43-51-65(3)4)62-88-92(80,81)86-58-68(75)59-87-93(82,83)89-63-70(61-85-72(77)55-47-39-33-32-37-45-53-67(7)8)91-74(79)57-49-41-31-25-19-22-28-36-44-52-66(5)6/h64-70,75H,9-63H2,1-8H3,(H,80,81)(H,82,83)/t68-,69-,70-/m1/s1. The number of aliphatic hydroxyl groups excluding tert-OH is 1. The maximum atomic E-state index is 13.1. The third-order valence-corrected chi connectivity index (χ3v) is 19.0. The van der Waals surface area contributed by atoms with Gasteiger partial charge in [0.25, 0.3) is 0 Å². The van der Waals surface area contributed by atoms with Gasteiger partial charge in [-0.1, -0.05) is 319 Å². The lowest BCUT2D eigenvalue weighted by Crippen LogP contribution is -2.30. The molecular formula is C74H144O17P2. The second-order valence-electron chi connectivity index (χ2n) is 28.6. The number of phosphoric acid groups is 2. The van der Waals surface area contributed by atoms with Crippen LogP contribution in [0.4, 0.5) is 0 Å². The van der Waals surface area contributed by atoms with Crippen molar-refractivity contribution in [3.63, 3.8) is 0 Å². The summed E-state index contributed by atoms with van der Waals surface area (Å²) in [5.74, 6) is 0.858. The third-order valence-electron chi connectivity index (χ3n) is 17.1. The van der Waals surface area contributed by atoms with Gasteiger partial charge >= 0.3 is 39.5 Å². The molecule has 0 aromatic rings. The zero-order valence-electron chi connectivity index (χ0n) is 60.9. The minimum atomic E-state index is -4.96. The first kappa shape index (κ1) is 91.1. The van der Waals surface area contributed by atoms with Crippen LogP contribution in [0.2, 0.25) is 0 Å². The lowest BCUT2D eigenvalue weighted by atomic mass is 10.0. The van der Waals surface area contributed by atoms with E-state index < -0.39 is 97.5 Å². The number of unbranched alkanes of at least 4 members (excludes halogenated alkanes) is 37. The van der Waals surface area contributed by atoms with Gasteiger partial charge in [0.05, 0.1) is 26.4 Å². The van der Waals surface area contributed by atoms with Crippen LogP contribution in [-0.4, -0.2) is 96.7 Å². The maximum absolute atomic E-state index is 13.1. The largest absolute Gasteiger partial charge is 0.472 e. The summed E-state index contributed by atoms with van der Waals surface area (Å²) in [7, 11) is -9.91. The third kappa shape index (κ3) is 68.4. The molecule has 0 fully saturated rings. The normalized spacial score (nSPS) is 14.2. The molecule has 0 saturated carbocycles. The summed E-state index contributed by atoms with van der Waals surface area (Å²) in [6.45, 7) is 14.1. The highest BCUT2D eigenvalue weighted by Gasteiger charge is 2.30. The number of hydrogen-bond acceptors (Lipinski definition) is 15. The lowest BCUT2D eigenvalue weighted by molar-refractivity contribution is -0.161. The Balaban J connectivity index is 5.22. The van der Waals surface area contributed by atoms with Crippen LogP contribution in [0.3, 0.4) is 0 Å². The zero-order valence-corrected chi connectivity index (χ0v) is 62.7. The quantitative estimate of drug-likeness (QED) is 0.0222. The van der Waals surface area contributed by atoms with Crippen LogP contribution in [0.1, 0.15) is 370 Å². The fraction of sp³-hybridized carbons (Fsp3) is 0.946. The number of rotatable bonds is 71. The summed E-state index contributed by atoms with van der Waals surface area (Å²) in [6.07, 6.45) is 47.4. The fourth-order valence-corrected chi connectivity index (χ4v) is 12.8. The van der Waals surface area contributed by atoms with Crippen molar-refractivity contribution in [2.45, 2.75) is 388 Å². The van der Waals surface area contributed by atoms with Crippen molar-refractivity contribution in [2.24, 2.45) is 23.7 Å². The zero-order chi connectivity index (χ0) is 68.9. The van der Waals surface area contributed by atoms with Gasteiger partial charge < -0.3 is 33.8 Å². The summed E-state index contributed by atoms with van der Waals surface area (Å²) >= 11 is 0. The van der Waals surface area contributed by atoms with Crippen molar-refractivity contribution in [1.29, 1.82) is 0 Å². The van der Waals surface area contributed by atoms with E-state index in [0.29, 0.717) is 31.6 Å². The topological polar surface area (TPSA) is 237 Å². The molecule has 0 radical (unpaired) electrons. The number of esters is 4. The van der Waals surface area contributed by atoms with Crippen LogP contribution in [0.5, 0.6) is 0 Å². The Bertz CT molecular complexity index is 1830. The van der Waals surface area contributed by atoms with Crippen molar-refractivity contribution < 1.29 is 80.2 Å². The van der Waals surface area contributed by atoms with Crippen molar-refractivity contribution in [1.82, 2.24) is 0 Å². The van der Waals surface area contributed by atoms with Crippen molar-refractivity contribution in [3.05, 3.63) is 0 Å². The predicted octanol–water partition coefficient (Wildman–Crippen LogP) is 21.3. The first-order valence-electron chi connectivity index (χ1n) is 38.2. The monoisotopic (exact) mass is 1370 g/mol. The first-order chi connectivity index (χ1) is 44.6. The molecule has 2 unspecified atom stereocenters. The van der Waals surface area contributed by atoms with Crippen molar-refractivity contribution in [3.8, 4) is 0 Å². The van der Waals surface area contributed by atoms with Crippen LogP contribution in [0.15, 0.2) is 0 Å². The number of carbonyl (C=O) groups is 4. The second-order valence-corrected chi connectivity index (χ2v) is 31.5. The molecule has 5 atom stereocenters. The van der Waals surface area contributed by atoms with Gasteiger partial charge in [0.1, 0.15) is 19.3 Å². The van der Waals surface area contributed by atoms with Crippen LogP contribution in [0, 0.1) is 23.7 Å². The van der Waals surface area contributed by atoms with E-state index in [4.69, 9.17) is 37.0 Å². The number of ether oxygens (including phenoxy) is 4. The van der Waals surface area contributed by atoms with E-state index >= 15 is 0 Å². The van der Waals surface area contributed by atoms with Crippen LogP contribution in [0.25, 0.3) is 0 Å². The Hall–Kier alpha value is -1.94. The van der Waals surface area contributed by atoms with Gasteiger partial charge in [-0.15, -0.1) is 0 Å². The number of hydrogen-bond donors (Lipinski definition) is 3. The maximum Gasteiger partial charge on any atom is 0.472 e. The van der Waals surface area contributed by atoms with Gasteiger partial charge in [0.15, 0.2) is 12.2 Å². The van der Waals surface area contributed by atoms with E-state index in [-0.39, 0.29) is 25.7 Å². The highest BCUT2D eigenvalue weighted by molar-refractivity contribution is 7.47. The molecule has 0 aliphatic rings. The second kappa shape index (κ2) is 63.5. The molecule has 0 heterocycles. The number of aliphatic hydroxyl groups is 1. The Morgan fingerprint density at radius 2 is 0.452 bits per heavy atom.